The molecule has 3 heterocycles. The molecule has 2 atom stereocenters. The van der Waals surface area contributed by atoms with Crippen LogP contribution in [0.15, 0.2) is 18.6 Å². The van der Waals surface area contributed by atoms with E-state index in [-0.39, 0.29) is 23.8 Å². The second-order valence-electron chi connectivity index (χ2n) is 7.05. The Labute approximate surface area is 152 Å². The van der Waals surface area contributed by atoms with Crippen LogP contribution in [-0.2, 0) is 16.6 Å². The molecule has 0 bridgehead atoms. The third-order valence-corrected chi connectivity index (χ3v) is 5.07. The van der Waals surface area contributed by atoms with Crippen molar-refractivity contribution < 1.29 is 14.3 Å². The number of fused-ring (bicyclic) bond motifs is 1. The summed E-state index contributed by atoms with van der Waals surface area (Å²) in [5, 5.41) is 0. The van der Waals surface area contributed by atoms with E-state index >= 15 is 0 Å². The van der Waals surface area contributed by atoms with E-state index in [9.17, 15) is 9.59 Å². The molecule has 0 spiro atoms. The summed E-state index contributed by atoms with van der Waals surface area (Å²) in [6.07, 6.45) is 4.80. The van der Waals surface area contributed by atoms with Gasteiger partial charge in [-0.15, -0.1) is 0 Å². The molecule has 1 aliphatic heterocycles. The molecule has 2 aromatic heterocycles. The number of aryl methyl sites for hydroxylation is 1. The number of amides is 1. The number of methoxy groups -OCH3 is 1. The standard InChI is InChI=1S/C18H25N5O3/c1-21(2)14-6-5-12(18(25)26-4)9-23(10-14)17(24)13-7-15-16(19-8-13)22(3)11-20-15/h7-8,11-12,14H,5-6,9-10H2,1-4H3/t12-,14+/m0/s1. The van der Waals surface area contributed by atoms with Gasteiger partial charge in [0, 0.05) is 32.4 Å². The number of likely N-dealkylation sites (tertiary alicyclic amines) is 1. The lowest BCUT2D eigenvalue weighted by molar-refractivity contribution is -0.145. The smallest absolute Gasteiger partial charge is 0.310 e. The van der Waals surface area contributed by atoms with Gasteiger partial charge in [-0.25, -0.2) is 9.97 Å². The zero-order valence-electron chi connectivity index (χ0n) is 15.7. The number of ether oxygens (including phenoxy) is 1. The molecule has 0 saturated carbocycles. The maximum Gasteiger partial charge on any atom is 0.310 e. The number of esters is 1. The number of imidazole rings is 1. The van der Waals surface area contributed by atoms with Crippen LogP contribution in [0.2, 0.25) is 0 Å². The Morgan fingerprint density at radius 1 is 1.23 bits per heavy atom. The number of nitrogens with zero attached hydrogens (tertiary/aromatic N) is 5. The molecule has 2 aromatic rings. The van der Waals surface area contributed by atoms with E-state index in [1.807, 2.05) is 25.7 Å². The third kappa shape index (κ3) is 3.55. The highest BCUT2D eigenvalue weighted by molar-refractivity contribution is 5.96. The highest BCUT2D eigenvalue weighted by Gasteiger charge is 2.32. The van der Waals surface area contributed by atoms with E-state index in [0.717, 1.165) is 12.1 Å². The summed E-state index contributed by atoms with van der Waals surface area (Å²) in [6.45, 7) is 0.926. The molecule has 1 fully saturated rings. The SMILES string of the molecule is COC(=O)[C@H]1CC[C@@H](N(C)C)CN(C(=O)c2cnc3c(c2)ncn3C)C1. The van der Waals surface area contributed by atoms with E-state index in [4.69, 9.17) is 4.74 Å². The molecule has 8 nitrogen and oxygen atoms in total. The monoisotopic (exact) mass is 359 g/mol. The number of carbonyl (C=O) groups is 2. The summed E-state index contributed by atoms with van der Waals surface area (Å²) in [5.74, 6) is -0.700. The Morgan fingerprint density at radius 3 is 2.69 bits per heavy atom. The first-order chi connectivity index (χ1) is 12.4. The third-order valence-electron chi connectivity index (χ3n) is 5.07. The van der Waals surface area contributed by atoms with Gasteiger partial charge in [0.05, 0.1) is 24.9 Å². The van der Waals surface area contributed by atoms with Crippen LogP contribution in [-0.4, -0.2) is 76.5 Å². The first-order valence-electron chi connectivity index (χ1n) is 8.71. The number of carbonyl (C=O) groups excluding carboxylic acids is 2. The molecule has 8 heteroatoms. The summed E-state index contributed by atoms with van der Waals surface area (Å²) in [5.41, 5.74) is 1.90. The van der Waals surface area contributed by atoms with Gasteiger partial charge in [0.25, 0.3) is 5.91 Å². The summed E-state index contributed by atoms with van der Waals surface area (Å²) in [7, 11) is 7.24. The first-order valence-corrected chi connectivity index (χ1v) is 8.71. The van der Waals surface area contributed by atoms with Gasteiger partial charge in [0.15, 0.2) is 5.65 Å². The van der Waals surface area contributed by atoms with Crippen LogP contribution in [0.5, 0.6) is 0 Å². The van der Waals surface area contributed by atoms with Crippen molar-refractivity contribution in [3.63, 3.8) is 0 Å². The van der Waals surface area contributed by atoms with Gasteiger partial charge in [-0.2, -0.15) is 0 Å². The molecule has 0 aromatic carbocycles. The summed E-state index contributed by atoms with van der Waals surface area (Å²) >= 11 is 0. The minimum Gasteiger partial charge on any atom is -0.469 e. The van der Waals surface area contributed by atoms with Crippen LogP contribution in [0.1, 0.15) is 23.2 Å². The molecule has 1 saturated heterocycles. The molecule has 1 amide bonds. The lowest BCUT2D eigenvalue weighted by atomic mass is 10.0. The van der Waals surface area contributed by atoms with Crippen LogP contribution in [0.25, 0.3) is 11.2 Å². The lowest BCUT2D eigenvalue weighted by Crippen LogP contribution is -2.43. The van der Waals surface area contributed by atoms with E-state index in [2.05, 4.69) is 14.9 Å². The van der Waals surface area contributed by atoms with E-state index in [1.54, 1.807) is 23.5 Å². The van der Waals surface area contributed by atoms with Gasteiger partial charge in [0.2, 0.25) is 0 Å². The van der Waals surface area contributed by atoms with Gasteiger partial charge in [-0.05, 0) is 33.0 Å². The molecule has 26 heavy (non-hydrogen) atoms. The Balaban J connectivity index is 1.88. The van der Waals surface area contributed by atoms with Gasteiger partial charge in [0.1, 0.15) is 5.52 Å². The molecular formula is C18H25N5O3. The van der Waals surface area contributed by atoms with Crippen LogP contribution >= 0.6 is 0 Å². The zero-order chi connectivity index (χ0) is 18.8. The van der Waals surface area contributed by atoms with Gasteiger partial charge < -0.3 is 19.1 Å². The van der Waals surface area contributed by atoms with Crippen LogP contribution in [0.4, 0.5) is 0 Å². The van der Waals surface area contributed by atoms with Crippen molar-refractivity contribution in [1.29, 1.82) is 0 Å². The zero-order valence-corrected chi connectivity index (χ0v) is 15.7. The molecule has 0 unspecified atom stereocenters. The van der Waals surface area contributed by atoms with Crippen LogP contribution in [0.3, 0.4) is 0 Å². The first kappa shape index (κ1) is 18.3. The maximum atomic E-state index is 13.1. The van der Waals surface area contributed by atoms with Crippen molar-refractivity contribution >= 4 is 23.0 Å². The number of hydrogen-bond donors (Lipinski definition) is 0. The highest BCUT2D eigenvalue weighted by Crippen LogP contribution is 2.22. The molecule has 0 N–H and O–H groups in total. The number of rotatable bonds is 3. The lowest BCUT2D eigenvalue weighted by Gasteiger charge is -2.29. The van der Waals surface area contributed by atoms with E-state index in [0.29, 0.717) is 30.6 Å². The predicted molar refractivity (Wildman–Crippen MR) is 96.6 cm³/mol. The highest BCUT2D eigenvalue weighted by atomic mass is 16.5. The second kappa shape index (κ2) is 7.41. The maximum absolute atomic E-state index is 13.1. The molecule has 1 aliphatic rings. The number of pyridine rings is 1. The quantitative estimate of drug-likeness (QED) is 0.758. The minimum absolute atomic E-state index is 0.132. The average molecular weight is 359 g/mol. The Bertz CT molecular complexity index is 816. The van der Waals surface area contributed by atoms with E-state index < -0.39 is 0 Å². The minimum atomic E-state index is -0.305. The molecule has 0 aliphatic carbocycles. The molecular weight excluding hydrogens is 334 g/mol. The van der Waals surface area contributed by atoms with Gasteiger partial charge in [-0.3, -0.25) is 9.59 Å². The predicted octanol–water partition coefficient (Wildman–Crippen LogP) is 0.924. The Hall–Kier alpha value is -2.48. The van der Waals surface area contributed by atoms with Crippen molar-refractivity contribution in [1.82, 2.24) is 24.3 Å². The van der Waals surface area contributed by atoms with E-state index in [1.165, 1.54) is 7.11 Å². The van der Waals surface area contributed by atoms with Crippen LogP contribution < -0.4 is 0 Å². The summed E-state index contributed by atoms with van der Waals surface area (Å²) < 4.78 is 6.73. The fourth-order valence-corrected chi connectivity index (χ4v) is 3.43. The van der Waals surface area contributed by atoms with Crippen molar-refractivity contribution in [3.8, 4) is 0 Å². The number of aromatic nitrogens is 3. The van der Waals surface area contributed by atoms with Gasteiger partial charge in [-0.1, -0.05) is 0 Å². The van der Waals surface area contributed by atoms with Crippen molar-refractivity contribution in [2.45, 2.75) is 18.9 Å². The van der Waals surface area contributed by atoms with Gasteiger partial charge >= 0.3 is 5.97 Å². The van der Waals surface area contributed by atoms with Crippen molar-refractivity contribution in [2.75, 3.05) is 34.3 Å². The number of hydrogen-bond acceptors (Lipinski definition) is 6. The molecule has 0 radical (unpaired) electrons. The largest absolute Gasteiger partial charge is 0.469 e. The molecule has 140 valence electrons. The Kier molecular flexibility index (Phi) is 5.22. The van der Waals surface area contributed by atoms with Crippen LogP contribution in [0, 0.1) is 5.92 Å². The van der Waals surface area contributed by atoms with Crippen molar-refractivity contribution in [2.24, 2.45) is 13.0 Å². The second-order valence-corrected chi connectivity index (χ2v) is 7.05. The summed E-state index contributed by atoms with van der Waals surface area (Å²) in [4.78, 5) is 37.7. The fourth-order valence-electron chi connectivity index (χ4n) is 3.43. The Morgan fingerprint density at radius 2 is 2.00 bits per heavy atom. The summed E-state index contributed by atoms with van der Waals surface area (Å²) in [6, 6.07) is 1.95. The molecule has 3 rings (SSSR count). The normalized spacial score (nSPS) is 21.0. The fraction of sp³-hybridized carbons (Fsp3) is 0.556. The van der Waals surface area contributed by atoms with Crippen molar-refractivity contribution in [3.05, 3.63) is 24.2 Å². The average Bonchev–Trinajstić information content (AvgIpc) is 2.87. The number of likely N-dealkylation sites (N-methyl/N-ethyl adjacent to an activating group) is 1. The topological polar surface area (TPSA) is 80.6 Å².